The topological polar surface area (TPSA) is 103 Å². The van der Waals surface area contributed by atoms with Gasteiger partial charge < -0.3 is 11.1 Å². The molecule has 2 heterocycles. The van der Waals surface area contributed by atoms with Crippen LogP contribution < -0.4 is 11.1 Å². The zero-order valence-corrected chi connectivity index (χ0v) is 18.6. The Balaban J connectivity index is 1.61. The van der Waals surface area contributed by atoms with E-state index in [0.717, 1.165) is 24.3 Å². The summed E-state index contributed by atoms with van der Waals surface area (Å²) >= 11 is 0. The van der Waals surface area contributed by atoms with Crippen LogP contribution in [-0.4, -0.2) is 26.6 Å². The highest BCUT2D eigenvalue weighted by atomic mass is 19.4. The molecule has 0 atom stereocenters. The Morgan fingerprint density at radius 1 is 1.06 bits per heavy atom. The van der Waals surface area contributed by atoms with Gasteiger partial charge in [0.15, 0.2) is 0 Å². The zero-order valence-electron chi connectivity index (χ0n) is 18.6. The van der Waals surface area contributed by atoms with E-state index in [0.29, 0.717) is 28.0 Å². The van der Waals surface area contributed by atoms with Crippen LogP contribution in [0, 0.1) is 19.7 Å². The molecule has 0 unspecified atom stereocenters. The van der Waals surface area contributed by atoms with E-state index >= 15 is 0 Å². The lowest BCUT2D eigenvalue weighted by Crippen LogP contribution is -2.18. The predicted octanol–water partition coefficient (Wildman–Crippen LogP) is 4.61. The van der Waals surface area contributed by atoms with Crippen LogP contribution in [0.15, 0.2) is 48.5 Å². The second kappa shape index (κ2) is 8.82. The highest BCUT2D eigenvalue weighted by Crippen LogP contribution is 2.29. The van der Waals surface area contributed by atoms with Gasteiger partial charge in [-0.2, -0.15) is 18.3 Å². The molecule has 4 aromatic rings. The molecule has 0 bridgehead atoms. The molecule has 0 aliphatic heterocycles. The van der Waals surface area contributed by atoms with Gasteiger partial charge in [-0.25, -0.2) is 9.37 Å². The molecule has 4 rings (SSSR count). The molecule has 35 heavy (non-hydrogen) atoms. The number of halogens is 4. The molecule has 2 amide bonds. The Morgan fingerprint density at radius 3 is 2.37 bits per heavy atom. The number of fused-ring (bicyclic) bond motifs is 1. The Morgan fingerprint density at radius 2 is 1.74 bits per heavy atom. The van der Waals surface area contributed by atoms with Crippen LogP contribution in [0.25, 0.3) is 10.9 Å². The van der Waals surface area contributed by atoms with Crippen molar-refractivity contribution in [2.45, 2.75) is 26.6 Å². The lowest BCUT2D eigenvalue weighted by atomic mass is 10.1. The molecule has 0 fully saturated rings. The number of hydrogen-bond acceptors (Lipinski definition) is 4. The van der Waals surface area contributed by atoms with E-state index in [2.05, 4.69) is 15.4 Å². The van der Waals surface area contributed by atoms with Gasteiger partial charge >= 0.3 is 6.18 Å². The van der Waals surface area contributed by atoms with Crippen molar-refractivity contribution >= 4 is 28.4 Å². The molecule has 11 heteroatoms. The summed E-state index contributed by atoms with van der Waals surface area (Å²) in [7, 11) is 0. The van der Waals surface area contributed by atoms with E-state index < -0.39 is 29.4 Å². The minimum absolute atomic E-state index is 0.0200. The number of nitrogens with one attached hydrogen (secondary N) is 1. The lowest BCUT2D eigenvalue weighted by molar-refractivity contribution is -0.137. The normalized spacial score (nSPS) is 11.6. The summed E-state index contributed by atoms with van der Waals surface area (Å²) < 4.78 is 53.6. The van der Waals surface area contributed by atoms with Crippen molar-refractivity contribution < 1.29 is 27.2 Å². The van der Waals surface area contributed by atoms with E-state index in [1.165, 1.54) is 24.3 Å². The van der Waals surface area contributed by atoms with Crippen molar-refractivity contribution in [3.05, 3.63) is 88.1 Å². The Kier molecular flexibility index (Phi) is 6.01. The second-order valence-corrected chi connectivity index (χ2v) is 7.93. The highest BCUT2D eigenvalue weighted by Gasteiger charge is 2.30. The van der Waals surface area contributed by atoms with Gasteiger partial charge in [0.1, 0.15) is 11.5 Å². The first-order valence-corrected chi connectivity index (χ1v) is 10.4. The first kappa shape index (κ1) is 23.9. The van der Waals surface area contributed by atoms with Crippen molar-refractivity contribution in [3.63, 3.8) is 0 Å². The zero-order chi connectivity index (χ0) is 25.5. The molecule has 7 nitrogen and oxygen atoms in total. The molecule has 0 saturated carbocycles. The Hall–Kier alpha value is -4.28. The van der Waals surface area contributed by atoms with Gasteiger partial charge in [-0.3, -0.25) is 14.3 Å². The summed E-state index contributed by atoms with van der Waals surface area (Å²) in [6.07, 6.45) is -4.43. The molecule has 0 radical (unpaired) electrons. The number of pyridine rings is 1. The maximum atomic E-state index is 13.7. The third-order valence-corrected chi connectivity index (χ3v) is 5.50. The fourth-order valence-electron chi connectivity index (χ4n) is 3.70. The SMILES string of the molecule is Cc1nn(Cc2ccc(C(F)(F)F)cc2)c(C)c1NC(=O)c1cc(C(N)=O)c2ccc(F)cc2n1. The van der Waals surface area contributed by atoms with Gasteiger partial charge in [-0.1, -0.05) is 12.1 Å². The largest absolute Gasteiger partial charge is 0.416 e. The fraction of sp³-hybridized carbons (Fsp3) is 0.167. The van der Waals surface area contributed by atoms with Crippen LogP contribution in [0.1, 0.15) is 43.4 Å². The number of carbonyl (C=O) groups is 2. The van der Waals surface area contributed by atoms with Gasteiger partial charge in [0.2, 0.25) is 5.91 Å². The molecule has 180 valence electrons. The van der Waals surface area contributed by atoms with Crippen LogP contribution in [0.5, 0.6) is 0 Å². The van der Waals surface area contributed by atoms with Crippen molar-refractivity contribution in [1.29, 1.82) is 0 Å². The third-order valence-electron chi connectivity index (χ3n) is 5.50. The smallest absolute Gasteiger partial charge is 0.366 e. The van der Waals surface area contributed by atoms with Gasteiger partial charge in [0.25, 0.3) is 5.91 Å². The maximum Gasteiger partial charge on any atom is 0.416 e. The first-order chi connectivity index (χ1) is 16.4. The molecule has 0 aliphatic rings. The highest BCUT2D eigenvalue weighted by molar-refractivity contribution is 6.10. The number of carbonyl (C=O) groups excluding carboxylic acids is 2. The van der Waals surface area contributed by atoms with E-state index in [4.69, 9.17) is 5.73 Å². The summed E-state index contributed by atoms with van der Waals surface area (Å²) in [6, 6.07) is 9.56. The number of anilines is 1. The lowest BCUT2D eigenvalue weighted by Gasteiger charge is -2.10. The number of aryl methyl sites for hydroxylation is 1. The molecular formula is C24H19F4N5O2. The van der Waals surface area contributed by atoms with Crippen LogP contribution in [-0.2, 0) is 12.7 Å². The minimum Gasteiger partial charge on any atom is -0.366 e. The summed E-state index contributed by atoms with van der Waals surface area (Å²) in [5.41, 5.74) is 6.63. The predicted molar refractivity (Wildman–Crippen MR) is 120 cm³/mol. The van der Waals surface area contributed by atoms with E-state index in [1.807, 2.05) is 0 Å². The van der Waals surface area contributed by atoms with Crippen LogP contribution in [0.2, 0.25) is 0 Å². The summed E-state index contributed by atoms with van der Waals surface area (Å²) in [5.74, 6) is -2.05. The van der Waals surface area contributed by atoms with Gasteiger partial charge in [0, 0.05) is 11.5 Å². The molecule has 0 aliphatic carbocycles. The molecule has 2 aromatic heterocycles. The fourth-order valence-corrected chi connectivity index (χ4v) is 3.70. The Bertz CT molecular complexity index is 1460. The van der Waals surface area contributed by atoms with Crippen molar-refractivity contribution in [1.82, 2.24) is 14.8 Å². The summed E-state index contributed by atoms with van der Waals surface area (Å²) in [5, 5.41) is 7.37. The number of hydrogen-bond donors (Lipinski definition) is 2. The number of alkyl halides is 3. The number of benzene rings is 2. The van der Waals surface area contributed by atoms with Crippen molar-refractivity contribution in [3.8, 4) is 0 Å². The van der Waals surface area contributed by atoms with Crippen LogP contribution in [0.4, 0.5) is 23.2 Å². The van der Waals surface area contributed by atoms with E-state index in [9.17, 15) is 27.2 Å². The molecular weight excluding hydrogens is 466 g/mol. The molecule has 2 aromatic carbocycles. The maximum absolute atomic E-state index is 13.7. The quantitative estimate of drug-likeness (QED) is 0.403. The van der Waals surface area contributed by atoms with Crippen molar-refractivity contribution in [2.75, 3.05) is 5.32 Å². The monoisotopic (exact) mass is 485 g/mol. The molecule has 3 N–H and O–H groups in total. The molecule has 0 spiro atoms. The van der Waals surface area contributed by atoms with Gasteiger partial charge in [-0.15, -0.1) is 0 Å². The number of nitrogens with zero attached hydrogens (tertiary/aromatic N) is 3. The van der Waals surface area contributed by atoms with E-state index in [-0.39, 0.29) is 23.3 Å². The third kappa shape index (κ3) is 4.84. The summed E-state index contributed by atoms with van der Waals surface area (Å²) in [6.45, 7) is 3.53. The second-order valence-electron chi connectivity index (χ2n) is 7.93. The van der Waals surface area contributed by atoms with Crippen LogP contribution in [0.3, 0.4) is 0 Å². The van der Waals surface area contributed by atoms with E-state index in [1.54, 1.807) is 18.5 Å². The average Bonchev–Trinajstić information content (AvgIpc) is 3.05. The average molecular weight is 485 g/mol. The number of aromatic nitrogens is 3. The van der Waals surface area contributed by atoms with Crippen molar-refractivity contribution in [2.24, 2.45) is 5.73 Å². The van der Waals surface area contributed by atoms with Gasteiger partial charge in [-0.05, 0) is 49.7 Å². The number of amides is 2. The number of rotatable bonds is 5. The standard InChI is InChI=1S/C24H19F4N5O2/c1-12-21(13(2)33(32-12)11-14-3-5-15(6-4-14)24(26,27)28)31-23(35)20-10-18(22(29)34)17-8-7-16(25)9-19(17)30-20/h3-10H,11H2,1-2H3,(H2,29,34)(H,31,35). The first-order valence-electron chi connectivity index (χ1n) is 10.4. The number of primary amides is 1. The van der Waals surface area contributed by atoms with Gasteiger partial charge in [0.05, 0.1) is 40.3 Å². The molecule has 0 saturated heterocycles. The minimum atomic E-state index is -4.43. The number of nitrogens with two attached hydrogens (primary N) is 1. The van der Waals surface area contributed by atoms with Crippen LogP contribution >= 0.6 is 0 Å². The summed E-state index contributed by atoms with van der Waals surface area (Å²) in [4.78, 5) is 29.0. The Labute approximate surface area is 196 Å².